The van der Waals surface area contributed by atoms with Crippen LogP contribution in [0.5, 0.6) is 0 Å². The van der Waals surface area contributed by atoms with Crippen molar-refractivity contribution in [3.05, 3.63) is 76.4 Å². The first-order valence-electron chi connectivity index (χ1n) is 8.05. The number of amides is 2. The van der Waals surface area contributed by atoms with E-state index in [9.17, 15) is 14.8 Å². The molecule has 1 aliphatic rings. The van der Waals surface area contributed by atoms with Crippen LogP contribution in [0.4, 0.5) is 0 Å². The van der Waals surface area contributed by atoms with Crippen LogP contribution in [0.2, 0.25) is 0 Å². The Hall–Kier alpha value is -3.68. The minimum Gasteiger partial charge on any atom is -0.619 e. The number of aryl methyl sites for hydroxylation is 1. The number of nitrogens with zero attached hydrogens (tertiary/aromatic N) is 3. The van der Waals surface area contributed by atoms with Gasteiger partial charge in [0.25, 0.3) is 11.8 Å². The van der Waals surface area contributed by atoms with Crippen molar-refractivity contribution in [2.75, 3.05) is 5.43 Å². The Bertz CT molecular complexity index is 1020. The third-order valence-corrected chi connectivity index (χ3v) is 4.41. The summed E-state index contributed by atoms with van der Waals surface area (Å²) < 4.78 is 0.591. The van der Waals surface area contributed by atoms with Crippen molar-refractivity contribution in [2.24, 2.45) is 5.73 Å². The maximum atomic E-state index is 12.5. The number of fused-ring (bicyclic) bond motifs is 3. The minimum atomic E-state index is -0.638. The Balaban J connectivity index is 1.79. The molecule has 0 fully saturated rings. The lowest BCUT2D eigenvalue weighted by Gasteiger charge is -2.18. The molecule has 0 spiro atoms. The van der Waals surface area contributed by atoms with E-state index in [2.05, 4.69) is 10.5 Å². The normalized spacial score (nSPS) is 12.2. The van der Waals surface area contributed by atoms with Crippen molar-refractivity contribution in [1.29, 1.82) is 0 Å². The van der Waals surface area contributed by atoms with Crippen LogP contribution < -0.4 is 15.9 Å². The lowest BCUT2D eigenvalue weighted by molar-refractivity contribution is -0.605. The highest BCUT2D eigenvalue weighted by atomic mass is 16.5. The van der Waals surface area contributed by atoms with Crippen LogP contribution in [-0.2, 0) is 12.8 Å². The second-order valence-electron chi connectivity index (χ2n) is 6.00. The Labute approximate surface area is 148 Å². The van der Waals surface area contributed by atoms with Crippen LogP contribution in [-0.4, -0.2) is 21.7 Å². The van der Waals surface area contributed by atoms with Crippen LogP contribution in [0.1, 0.15) is 32.0 Å². The van der Waals surface area contributed by atoms with Gasteiger partial charge in [-0.15, -0.1) is 5.10 Å². The minimum absolute atomic E-state index is 0.153. The van der Waals surface area contributed by atoms with Crippen molar-refractivity contribution in [2.45, 2.75) is 12.8 Å². The zero-order chi connectivity index (χ0) is 18.3. The molecule has 2 aromatic heterocycles. The van der Waals surface area contributed by atoms with E-state index in [1.807, 2.05) is 24.3 Å². The molecule has 0 radical (unpaired) electrons. The zero-order valence-corrected chi connectivity index (χ0v) is 13.7. The van der Waals surface area contributed by atoms with Gasteiger partial charge in [0.1, 0.15) is 0 Å². The van der Waals surface area contributed by atoms with E-state index in [4.69, 9.17) is 5.73 Å². The molecular formula is C18H15N5O3. The van der Waals surface area contributed by atoms with E-state index in [1.54, 1.807) is 0 Å². The molecule has 0 aliphatic heterocycles. The number of primary amides is 1. The maximum Gasteiger partial charge on any atom is 0.271 e. The number of nitrogens with two attached hydrogens (primary N) is 1. The number of carbonyl (C=O) groups is 2. The quantitative estimate of drug-likeness (QED) is 0.536. The molecule has 3 aromatic rings. The summed E-state index contributed by atoms with van der Waals surface area (Å²) in [5, 5.41) is 15.3. The molecule has 0 saturated heterocycles. The van der Waals surface area contributed by atoms with Crippen molar-refractivity contribution < 1.29 is 14.3 Å². The molecular weight excluding hydrogens is 334 g/mol. The van der Waals surface area contributed by atoms with Gasteiger partial charge in [-0.2, -0.15) is 9.52 Å². The van der Waals surface area contributed by atoms with Crippen LogP contribution in [0.3, 0.4) is 0 Å². The Kier molecular flexibility index (Phi) is 3.65. The molecule has 2 heterocycles. The number of aromatic nitrogens is 3. The highest BCUT2D eigenvalue weighted by Gasteiger charge is 2.28. The first-order chi connectivity index (χ1) is 12.5. The summed E-state index contributed by atoms with van der Waals surface area (Å²) in [6, 6.07) is 10.6. The summed E-state index contributed by atoms with van der Waals surface area (Å²) in [5.74, 6) is -1.09. The van der Waals surface area contributed by atoms with Gasteiger partial charge in [-0.05, 0) is 18.4 Å². The largest absolute Gasteiger partial charge is 0.619 e. The van der Waals surface area contributed by atoms with Gasteiger partial charge in [0, 0.05) is 23.3 Å². The summed E-state index contributed by atoms with van der Waals surface area (Å²) >= 11 is 0. The second-order valence-corrected chi connectivity index (χ2v) is 6.00. The van der Waals surface area contributed by atoms with E-state index in [0.717, 1.165) is 23.1 Å². The molecule has 0 bridgehead atoms. The molecule has 0 saturated carbocycles. The smallest absolute Gasteiger partial charge is 0.271 e. The van der Waals surface area contributed by atoms with Gasteiger partial charge in [-0.1, -0.05) is 24.3 Å². The monoisotopic (exact) mass is 349 g/mol. The molecule has 1 aromatic carbocycles. The molecule has 8 nitrogen and oxygen atoms in total. The average molecular weight is 349 g/mol. The fraction of sp³-hybridized carbons (Fsp3) is 0.111. The van der Waals surface area contributed by atoms with Crippen LogP contribution in [0, 0.1) is 5.21 Å². The van der Waals surface area contributed by atoms with Gasteiger partial charge in [0.15, 0.2) is 18.1 Å². The van der Waals surface area contributed by atoms with E-state index >= 15 is 0 Å². The standard InChI is InChI=1S/C18H15N5O3/c19-17(24)15-14-6-5-11-3-1-2-4-13(11)16(14)23(20-15)21-18(25)12-7-9-22(26)10-8-12/h1-4,7-10H,5-6H2,(H2,19,24)(H,21,25). The van der Waals surface area contributed by atoms with E-state index in [-0.39, 0.29) is 5.69 Å². The lowest BCUT2D eigenvalue weighted by Crippen LogP contribution is -2.28. The molecule has 1 aliphatic carbocycles. The number of carbonyl (C=O) groups excluding carboxylic acids is 2. The average Bonchev–Trinajstić information content (AvgIpc) is 3.01. The maximum absolute atomic E-state index is 12.5. The Morgan fingerprint density at radius 2 is 1.88 bits per heavy atom. The first kappa shape index (κ1) is 15.8. The summed E-state index contributed by atoms with van der Waals surface area (Å²) in [6.07, 6.45) is 3.85. The van der Waals surface area contributed by atoms with E-state index < -0.39 is 11.8 Å². The number of pyridine rings is 1. The highest BCUT2D eigenvalue weighted by Crippen LogP contribution is 2.34. The van der Waals surface area contributed by atoms with E-state index in [1.165, 1.54) is 29.3 Å². The molecule has 0 atom stereocenters. The van der Waals surface area contributed by atoms with Crippen molar-refractivity contribution in [1.82, 2.24) is 9.89 Å². The first-order valence-corrected chi connectivity index (χ1v) is 8.05. The number of benzene rings is 1. The SMILES string of the molecule is NC(=O)c1nn(NC(=O)c2cc[n+]([O-])cc2)c2c1CCc1ccccc1-2. The zero-order valence-electron chi connectivity index (χ0n) is 13.7. The van der Waals surface area contributed by atoms with Crippen LogP contribution in [0.15, 0.2) is 48.8 Å². The predicted octanol–water partition coefficient (Wildman–Crippen LogP) is 0.765. The molecule has 2 amide bonds. The van der Waals surface area contributed by atoms with Gasteiger partial charge in [-0.3, -0.25) is 9.59 Å². The third-order valence-electron chi connectivity index (χ3n) is 4.41. The fourth-order valence-corrected chi connectivity index (χ4v) is 3.20. The highest BCUT2D eigenvalue weighted by molar-refractivity contribution is 6.00. The number of hydrogen-bond donors (Lipinski definition) is 2. The topological polar surface area (TPSA) is 117 Å². The molecule has 0 unspecified atom stereocenters. The van der Waals surface area contributed by atoms with Crippen LogP contribution >= 0.6 is 0 Å². The van der Waals surface area contributed by atoms with Gasteiger partial charge < -0.3 is 10.9 Å². The van der Waals surface area contributed by atoms with Gasteiger partial charge in [0.05, 0.1) is 11.3 Å². The van der Waals surface area contributed by atoms with Gasteiger partial charge in [0.2, 0.25) is 0 Å². The number of rotatable bonds is 3. The van der Waals surface area contributed by atoms with Crippen molar-refractivity contribution >= 4 is 11.8 Å². The summed E-state index contributed by atoms with van der Waals surface area (Å²) in [7, 11) is 0. The van der Waals surface area contributed by atoms with Crippen LogP contribution in [0.25, 0.3) is 11.3 Å². The number of nitrogens with one attached hydrogen (secondary N) is 1. The summed E-state index contributed by atoms with van der Waals surface area (Å²) in [6.45, 7) is 0. The Morgan fingerprint density at radius 3 is 2.62 bits per heavy atom. The fourth-order valence-electron chi connectivity index (χ4n) is 3.20. The van der Waals surface area contributed by atoms with Crippen molar-refractivity contribution in [3.8, 4) is 11.3 Å². The van der Waals surface area contributed by atoms with E-state index in [0.29, 0.717) is 22.4 Å². The molecule has 4 rings (SSSR count). The van der Waals surface area contributed by atoms with Gasteiger partial charge >= 0.3 is 0 Å². The lowest BCUT2D eigenvalue weighted by atomic mass is 9.89. The molecule has 3 N–H and O–H groups in total. The Morgan fingerprint density at radius 1 is 1.15 bits per heavy atom. The third kappa shape index (κ3) is 2.57. The number of hydrogen-bond acceptors (Lipinski definition) is 4. The predicted molar refractivity (Wildman–Crippen MR) is 92.7 cm³/mol. The molecule has 26 heavy (non-hydrogen) atoms. The summed E-state index contributed by atoms with van der Waals surface area (Å²) in [4.78, 5) is 25.6. The van der Waals surface area contributed by atoms with Crippen molar-refractivity contribution in [3.63, 3.8) is 0 Å². The molecule has 8 heteroatoms. The summed E-state index contributed by atoms with van der Waals surface area (Å²) in [5.41, 5.74) is 12.0. The van der Waals surface area contributed by atoms with Gasteiger partial charge in [-0.25, -0.2) is 5.43 Å². The second kappa shape index (κ2) is 5.99. The molecule has 130 valence electrons.